The first-order valence-electron chi connectivity index (χ1n) is 15.7. The molecule has 2 nitrogen and oxygen atoms in total. The summed E-state index contributed by atoms with van der Waals surface area (Å²) in [4.78, 5) is 0. The highest BCUT2D eigenvalue weighted by atomic mass is 32.1. The van der Waals surface area contributed by atoms with Gasteiger partial charge in [-0.15, -0.1) is 11.3 Å². The van der Waals surface area contributed by atoms with Crippen LogP contribution < -0.4 is 0 Å². The molecular formula is C42H28N2S. The summed E-state index contributed by atoms with van der Waals surface area (Å²) in [5.74, 6) is 0. The smallest absolute Gasteiger partial charge is 0.0722 e. The lowest BCUT2D eigenvalue weighted by Crippen LogP contribution is -1.99. The van der Waals surface area contributed by atoms with E-state index in [0.29, 0.717) is 0 Å². The molecule has 3 aromatic heterocycles. The van der Waals surface area contributed by atoms with Crippen molar-refractivity contribution in [1.29, 1.82) is 0 Å². The summed E-state index contributed by atoms with van der Waals surface area (Å²) in [6.07, 6.45) is 6.80. The Bertz CT molecular complexity index is 2630. The predicted octanol–water partition coefficient (Wildman–Crippen LogP) is 11.7. The topological polar surface area (TPSA) is 9.86 Å². The molecule has 1 aliphatic carbocycles. The predicted molar refractivity (Wildman–Crippen MR) is 193 cm³/mol. The molecule has 0 aliphatic heterocycles. The van der Waals surface area contributed by atoms with Crippen molar-refractivity contribution in [1.82, 2.24) is 9.13 Å². The van der Waals surface area contributed by atoms with E-state index in [0.717, 1.165) is 12.8 Å². The first-order chi connectivity index (χ1) is 22.3. The molecule has 0 amide bonds. The van der Waals surface area contributed by atoms with Gasteiger partial charge in [0.05, 0.1) is 21.3 Å². The zero-order chi connectivity index (χ0) is 29.5. The van der Waals surface area contributed by atoms with Gasteiger partial charge in [-0.25, -0.2) is 0 Å². The van der Waals surface area contributed by atoms with Crippen molar-refractivity contribution in [2.45, 2.75) is 12.8 Å². The maximum atomic E-state index is 2.53. The maximum absolute atomic E-state index is 2.53. The molecule has 10 rings (SSSR count). The van der Waals surface area contributed by atoms with E-state index in [2.05, 4.69) is 155 Å². The molecular weight excluding hydrogens is 565 g/mol. The fraction of sp³-hybridized carbons (Fsp3) is 0.0476. The van der Waals surface area contributed by atoms with E-state index in [1.54, 1.807) is 0 Å². The second-order valence-corrected chi connectivity index (χ2v) is 13.1. The number of thiophene rings is 1. The van der Waals surface area contributed by atoms with Gasteiger partial charge in [0.1, 0.15) is 0 Å². The largest absolute Gasteiger partial charge is 0.309 e. The SMILES string of the molecule is C1=Cc2c(c3c(-c4ccc5c(c4)c4ccccc4n5-c4ccccc4)cc4c5ccccc5sc4c3n2-c2ccccc2)CC1. The number of hydrogen-bond donors (Lipinski definition) is 0. The molecule has 0 atom stereocenters. The summed E-state index contributed by atoms with van der Waals surface area (Å²) in [5.41, 5.74) is 11.6. The average Bonchev–Trinajstić information content (AvgIpc) is 3.76. The Morgan fingerprint density at radius 2 is 1.24 bits per heavy atom. The van der Waals surface area contributed by atoms with Gasteiger partial charge in [-0.1, -0.05) is 84.9 Å². The van der Waals surface area contributed by atoms with Gasteiger partial charge in [-0.2, -0.15) is 0 Å². The minimum Gasteiger partial charge on any atom is -0.309 e. The van der Waals surface area contributed by atoms with Gasteiger partial charge in [0.2, 0.25) is 0 Å². The molecule has 212 valence electrons. The lowest BCUT2D eigenvalue weighted by molar-refractivity contribution is 0.968. The van der Waals surface area contributed by atoms with Gasteiger partial charge in [0, 0.05) is 48.7 Å². The molecule has 0 spiro atoms. The standard InChI is InChI=1S/C42H28N2S/c1-3-13-28(14-4-1)43-36-20-10-7-17-30(36)34-25-27(23-24-38(34)43)33-26-35-31-18-9-12-22-39(31)45-42(35)41-40(33)32-19-8-11-21-37(32)44(41)29-15-5-2-6-16-29/h1-7,9-18,20-26H,8,19H2. The van der Waals surface area contributed by atoms with Crippen LogP contribution in [0.1, 0.15) is 17.7 Å². The summed E-state index contributed by atoms with van der Waals surface area (Å²) < 4.78 is 7.63. The van der Waals surface area contributed by atoms with Gasteiger partial charge >= 0.3 is 0 Å². The van der Waals surface area contributed by atoms with Gasteiger partial charge in [-0.05, 0) is 90.2 Å². The van der Waals surface area contributed by atoms with Crippen molar-refractivity contribution in [2.75, 3.05) is 0 Å². The zero-order valence-corrected chi connectivity index (χ0v) is 25.4. The minimum atomic E-state index is 1.04. The van der Waals surface area contributed by atoms with Gasteiger partial charge in [0.25, 0.3) is 0 Å². The molecule has 6 aromatic carbocycles. The van der Waals surface area contributed by atoms with Crippen LogP contribution in [0.15, 0.2) is 140 Å². The van der Waals surface area contributed by atoms with Crippen molar-refractivity contribution in [2.24, 2.45) is 0 Å². The number of aromatic nitrogens is 2. The number of benzene rings is 6. The molecule has 0 radical (unpaired) electrons. The lowest BCUT2D eigenvalue weighted by Gasteiger charge is -2.12. The van der Waals surface area contributed by atoms with E-state index in [-0.39, 0.29) is 0 Å². The van der Waals surface area contributed by atoms with E-state index in [9.17, 15) is 0 Å². The molecule has 0 fully saturated rings. The molecule has 0 saturated heterocycles. The first-order valence-corrected chi connectivity index (χ1v) is 16.5. The third-order valence-electron chi connectivity index (χ3n) is 9.57. The zero-order valence-electron chi connectivity index (χ0n) is 24.6. The number of aryl methyl sites for hydroxylation is 1. The Labute approximate surface area is 264 Å². The van der Waals surface area contributed by atoms with E-state index in [4.69, 9.17) is 0 Å². The quantitative estimate of drug-likeness (QED) is 0.193. The van der Waals surface area contributed by atoms with Crippen molar-refractivity contribution >= 4 is 70.3 Å². The lowest BCUT2D eigenvalue weighted by atomic mass is 9.92. The van der Waals surface area contributed by atoms with Crippen molar-refractivity contribution in [3.63, 3.8) is 0 Å². The highest BCUT2D eigenvalue weighted by Gasteiger charge is 2.25. The van der Waals surface area contributed by atoms with E-state index >= 15 is 0 Å². The fourth-order valence-electron chi connectivity index (χ4n) is 7.66. The van der Waals surface area contributed by atoms with Crippen molar-refractivity contribution in [3.8, 4) is 22.5 Å². The Balaban J connectivity index is 1.36. The molecule has 0 N–H and O–H groups in total. The monoisotopic (exact) mass is 592 g/mol. The molecule has 1 aliphatic rings. The first kappa shape index (κ1) is 25.0. The van der Waals surface area contributed by atoms with Gasteiger partial charge in [-0.3, -0.25) is 0 Å². The average molecular weight is 593 g/mol. The van der Waals surface area contributed by atoms with Crippen LogP contribution in [0.3, 0.4) is 0 Å². The molecule has 0 saturated carbocycles. The van der Waals surface area contributed by atoms with Crippen LogP contribution in [-0.4, -0.2) is 9.13 Å². The Morgan fingerprint density at radius 3 is 2.07 bits per heavy atom. The van der Waals surface area contributed by atoms with Crippen LogP contribution in [0.4, 0.5) is 0 Å². The number of nitrogens with zero attached hydrogens (tertiary/aromatic N) is 2. The number of rotatable bonds is 3. The van der Waals surface area contributed by atoms with Gasteiger partial charge in [0.15, 0.2) is 0 Å². The third kappa shape index (κ3) is 3.56. The highest BCUT2D eigenvalue weighted by molar-refractivity contribution is 7.26. The summed E-state index contributed by atoms with van der Waals surface area (Å²) in [6.45, 7) is 0. The molecule has 3 heteroatoms. The van der Waals surface area contributed by atoms with E-state index in [1.807, 2.05) is 11.3 Å². The molecule has 0 unspecified atom stereocenters. The Morgan fingerprint density at radius 1 is 0.556 bits per heavy atom. The fourth-order valence-corrected chi connectivity index (χ4v) is 8.89. The van der Waals surface area contributed by atoms with Crippen LogP contribution in [0, 0.1) is 0 Å². The second-order valence-electron chi connectivity index (χ2n) is 12.0. The third-order valence-corrected chi connectivity index (χ3v) is 10.8. The minimum absolute atomic E-state index is 1.04. The van der Waals surface area contributed by atoms with Crippen molar-refractivity contribution < 1.29 is 0 Å². The summed E-state index contributed by atoms with van der Waals surface area (Å²) in [6, 6.07) is 49.0. The molecule has 45 heavy (non-hydrogen) atoms. The normalized spacial score (nSPS) is 13.1. The van der Waals surface area contributed by atoms with Crippen LogP contribution >= 0.6 is 11.3 Å². The number of para-hydroxylation sites is 3. The van der Waals surface area contributed by atoms with Crippen LogP contribution in [0.25, 0.3) is 81.5 Å². The van der Waals surface area contributed by atoms with E-state index in [1.165, 1.54) is 86.6 Å². The second kappa shape index (κ2) is 9.56. The van der Waals surface area contributed by atoms with Gasteiger partial charge < -0.3 is 9.13 Å². The maximum Gasteiger partial charge on any atom is 0.0722 e. The molecule has 9 aromatic rings. The Hall–Kier alpha value is -5.38. The van der Waals surface area contributed by atoms with Crippen LogP contribution in [0.5, 0.6) is 0 Å². The Kier molecular flexibility index (Phi) is 5.31. The van der Waals surface area contributed by atoms with Crippen molar-refractivity contribution in [3.05, 3.63) is 151 Å². The molecule has 0 bridgehead atoms. The summed E-state index contributed by atoms with van der Waals surface area (Å²) in [5, 5.41) is 6.62. The van der Waals surface area contributed by atoms with Crippen LogP contribution in [-0.2, 0) is 6.42 Å². The number of hydrogen-bond acceptors (Lipinski definition) is 1. The number of allylic oxidation sites excluding steroid dienone is 1. The summed E-state index contributed by atoms with van der Waals surface area (Å²) >= 11 is 1.92. The highest BCUT2D eigenvalue weighted by Crippen LogP contribution is 2.48. The van der Waals surface area contributed by atoms with E-state index < -0.39 is 0 Å². The van der Waals surface area contributed by atoms with Crippen LogP contribution in [0.2, 0.25) is 0 Å². The summed E-state index contributed by atoms with van der Waals surface area (Å²) in [7, 11) is 0. The number of fused-ring (bicyclic) bond motifs is 10. The molecule has 3 heterocycles.